The predicted molar refractivity (Wildman–Crippen MR) is 115 cm³/mol. The Bertz CT molecular complexity index is 1460. The average molecular weight is 371 g/mol. The van der Waals surface area contributed by atoms with Gasteiger partial charge < -0.3 is 4.90 Å². The maximum atomic E-state index is 13.4. The average Bonchev–Trinajstić information content (AvgIpc) is 3.04. The molecule has 0 atom stereocenters. The first-order valence-electron chi connectivity index (χ1n) is 9.54. The van der Waals surface area contributed by atoms with Crippen LogP contribution in [-0.2, 0) is 6.54 Å². The van der Waals surface area contributed by atoms with Crippen molar-refractivity contribution in [2.45, 2.75) is 13.0 Å². The Morgan fingerprint density at radius 3 is 2.43 bits per heavy atom. The topological polar surface area (TPSA) is 46.7 Å². The van der Waals surface area contributed by atoms with Crippen LogP contribution >= 0.6 is 0 Å². The normalized spacial score (nSPS) is 12.2. The molecule has 0 aliphatic carbocycles. The zero-order chi connectivity index (χ0) is 19.4. The van der Waals surface area contributed by atoms with Crippen LogP contribution in [0.3, 0.4) is 0 Å². The number of aromatic nitrogens is 2. The van der Waals surface area contributed by atoms with E-state index in [1.165, 1.54) is 4.57 Å². The summed E-state index contributed by atoms with van der Waals surface area (Å²) in [5.74, 6) is 0. The zero-order valence-corrected chi connectivity index (χ0v) is 16.0. The van der Waals surface area contributed by atoms with Gasteiger partial charge in [0, 0.05) is 17.3 Å². The number of para-hydroxylation sites is 1. The van der Waals surface area contributed by atoms with Gasteiger partial charge in [0.2, 0.25) is 0 Å². The van der Waals surface area contributed by atoms with E-state index < -0.39 is 0 Å². The van der Waals surface area contributed by atoms with Gasteiger partial charge in [-0.3, -0.25) is 13.8 Å². The van der Waals surface area contributed by atoms with E-state index >= 15 is 0 Å². The van der Waals surface area contributed by atoms with Crippen LogP contribution in [-0.4, -0.2) is 34.5 Å². The molecule has 5 nitrogen and oxygen atoms in total. The number of benzene rings is 3. The molecule has 3 aromatic carbocycles. The molecule has 28 heavy (non-hydrogen) atoms. The van der Waals surface area contributed by atoms with Gasteiger partial charge in [-0.15, -0.1) is 0 Å². The summed E-state index contributed by atoms with van der Waals surface area (Å²) < 4.78 is 3.11. The fourth-order valence-corrected chi connectivity index (χ4v) is 4.30. The fourth-order valence-electron chi connectivity index (χ4n) is 4.30. The van der Waals surface area contributed by atoms with Crippen LogP contribution in [0.15, 0.2) is 64.2 Å². The molecule has 0 saturated heterocycles. The molecular weight excluding hydrogens is 350 g/mol. The summed E-state index contributed by atoms with van der Waals surface area (Å²) in [6.45, 7) is 1.24. The lowest BCUT2D eigenvalue weighted by atomic mass is 10.0. The van der Waals surface area contributed by atoms with Crippen LogP contribution in [0.2, 0.25) is 0 Å². The van der Waals surface area contributed by atoms with Crippen LogP contribution in [0.25, 0.3) is 38.0 Å². The van der Waals surface area contributed by atoms with E-state index in [1.54, 1.807) is 4.40 Å². The molecule has 5 rings (SSSR count). The molecule has 0 spiro atoms. The van der Waals surface area contributed by atoms with Crippen molar-refractivity contribution in [2.75, 3.05) is 20.6 Å². The first-order valence-corrected chi connectivity index (χ1v) is 9.54. The third kappa shape index (κ3) is 2.29. The molecule has 0 bridgehead atoms. The molecule has 2 heterocycles. The molecule has 0 saturated carbocycles. The Labute approximate surface area is 161 Å². The quantitative estimate of drug-likeness (QED) is 0.487. The maximum absolute atomic E-state index is 13.4. The van der Waals surface area contributed by atoms with Gasteiger partial charge >= 0.3 is 5.69 Å². The maximum Gasteiger partial charge on any atom is 0.336 e. The first-order chi connectivity index (χ1) is 13.6. The Kier molecular flexibility index (Phi) is 3.74. The lowest BCUT2D eigenvalue weighted by Gasteiger charge is -2.11. The van der Waals surface area contributed by atoms with E-state index in [9.17, 15) is 9.59 Å². The summed E-state index contributed by atoms with van der Waals surface area (Å²) in [4.78, 5) is 28.5. The molecule has 0 radical (unpaired) electrons. The number of hydrogen-bond donors (Lipinski definition) is 0. The highest BCUT2D eigenvalue weighted by Gasteiger charge is 2.19. The molecule has 140 valence electrons. The van der Waals surface area contributed by atoms with E-state index in [0.717, 1.165) is 45.5 Å². The van der Waals surface area contributed by atoms with Crippen LogP contribution < -0.4 is 11.2 Å². The second-order valence-corrected chi connectivity index (χ2v) is 7.61. The molecule has 0 aliphatic rings. The standard InChI is InChI=1S/C23H21N3O2/c1-24(2)13-6-14-25-22(27)18-10-5-9-17-20-16-8-4-3-7-15(16)11-12-19(20)26(21(17)18)23(25)28/h3-5,7-12H,6,13-14H2,1-2H3. The third-order valence-corrected chi connectivity index (χ3v) is 5.56. The van der Waals surface area contributed by atoms with Crippen molar-refractivity contribution in [1.29, 1.82) is 0 Å². The van der Waals surface area contributed by atoms with Crippen LogP contribution in [0.4, 0.5) is 0 Å². The number of rotatable bonds is 4. The molecule has 5 aromatic rings. The summed E-state index contributed by atoms with van der Waals surface area (Å²) in [7, 11) is 3.98. The van der Waals surface area contributed by atoms with Gasteiger partial charge in [-0.25, -0.2) is 4.79 Å². The van der Waals surface area contributed by atoms with Crippen molar-refractivity contribution in [3.63, 3.8) is 0 Å². The lowest BCUT2D eigenvalue weighted by molar-refractivity contribution is 0.382. The monoisotopic (exact) mass is 371 g/mol. The molecule has 2 aromatic heterocycles. The summed E-state index contributed by atoms with van der Waals surface area (Å²) in [5.41, 5.74) is 1.13. The van der Waals surface area contributed by atoms with Crippen molar-refractivity contribution in [1.82, 2.24) is 13.9 Å². The number of nitrogens with zero attached hydrogens (tertiary/aromatic N) is 3. The van der Waals surface area contributed by atoms with Gasteiger partial charge in [0.05, 0.1) is 16.4 Å². The lowest BCUT2D eigenvalue weighted by Crippen LogP contribution is -2.37. The molecule has 5 heteroatoms. The van der Waals surface area contributed by atoms with E-state index in [4.69, 9.17) is 0 Å². The van der Waals surface area contributed by atoms with Gasteiger partial charge in [-0.05, 0) is 50.0 Å². The second-order valence-electron chi connectivity index (χ2n) is 7.61. The van der Waals surface area contributed by atoms with Crippen molar-refractivity contribution >= 4 is 38.0 Å². The second kappa shape index (κ2) is 6.17. The minimum absolute atomic E-state index is 0.200. The van der Waals surface area contributed by atoms with Gasteiger partial charge in [0.1, 0.15) is 0 Å². The minimum Gasteiger partial charge on any atom is -0.309 e. The highest BCUT2D eigenvalue weighted by atomic mass is 16.2. The van der Waals surface area contributed by atoms with E-state index in [0.29, 0.717) is 11.9 Å². The largest absolute Gasteiger partial charge is 0.336 e. The van der Waals surface area contributed by atoms with Gasteiger partial charge in [-0.2, -0.15) is 0 Å². The number of hydrogen-bond acceptors (Lipinski definition) is 3. The summed E-state index contributed by atoms with van der Waals surface area (Å²) >= 11 is 0. The summed E-state index contributed by atoms with van der Waals surface area (Å²) in [6, 6.07) is 17.9. The Morgan fingerprint density at radius 1 is 0.857 bits per heavy atom. The van der Waals surface area contributed by atoms with E-state index in [1.807, 2.05) is 56.6 Å². The predicted octanol–water partition coefficient (Wildman–Crippen LogP) is 3.31. The van der Waals surface area contributed by atoms with Crippen LogP contribution in [0, 0.1) is 0 Å². The van der Waals surface area contributed by atoms with Crippen molar-refractivity contribution in [3.05, 3.63) is 75.4 Å². The van der Waals surface area contributed by atoms with E-state index in [-0.39, 0.29) is 11.2 Å². The molecular formula is C23H21N3O2. The smallest absolute Gasteiger partial charge is 0.309 e. The fraction of sp³-hybridized carbons (Fsp3) is 0.217. The zero-order valence-electron chi connectivity index (χ0n) is 16.0. The van der Waals surface area contributed by atoms with Crippen molar-refractivity contribution in [2.24, 2.45) is 0 Å². The van der Waals surface area contributed by atoms with Crippen LogP contribution in [0.1, 0.15) is 6.42 Å². The van der Waals surface area contributed by atoms with Gasteiger partial charge in [-0.1, -0.05) is 42.5 Å². The Hall–Kier alpha value is -3.18. The highest BCUT2D eigenvalue weighted by molar-refractivity contribution is 6.23. The molecule has 0 N–H and O–H groups in total. The highest BCUT2D eigenvalue weighted by Crippen LogP contribution is 2.34. The molecule has 0 fully saturated rings. The van der Waals surface area contributed by atoms with Crippen molar-refractivity contribution in [3.8, 4) is 0 Å². The number of fused-ring (bicyclic) bond motifs is 5. The molecule has 0 aliphatic heterocycles. The minimum atomic E-state index is -0.252. The van der Waals surface area contributed by atoms with Crippen LogP contribution in [0.5, 0.6) is 0 Å². The Balaban J connectivity index is 1.93. The summed E-state index contributed by atoms with van der Waals surface area (Å²) in [5, 5.41) is 4.81. The third-order valence-electron chi connectivity index (χ3n) is 5.56. The van der Waals surface area contributed by atoms with Crippen molar-refractivity contribution < 1.29 is 0 Å². The molecule has 0 amide bonds. The first kappa shape index (κ1) is 17.0. The van der Waals surface area contributed by atoms with E-state index in [2.05, 4.69) is 17.0 Å². The van der Waals surface area contributed by atoms with Gasteiger partial charge in [0.15, 0.2) is 0 Å². The SMILES string of the molecule is CN(C)CCCn1c(=O)c2cccc3c4c5ccccc5ccc4n(c1=O)c23. The Morgan fingerprint density at radius 2 is 1.61 bits per heavy atom. The molecule has 0 unspecified atom stereocenters. The summed E-state index contributed by atoms with van der Waals surface area (Å²) in [6.07, 6.45) is 0.748. The van der Waals surface area contributed by atoms with Gasteiger partial charge in [0.25, 0.3) is 5.56 Å².